The number of urea groups is 1. The van der Waals surface area contributed by atoms with Crippen molar-refractivity contribution in [1.82, 2.24) is 19.7 Å². The number of amides is 2. The first-order chi connectivity index (χ1) is 18.1. The van der Waals surface area contributed by atoms with Gasteiger partial charge in [-0.3, -0.25) is 9.67 Å². The van der Waals surface area contributed by atoms with Gasteiger partial charge in [-0.15, -0.1) is 0 Å². The number of aryl methyl sites for hydroxylation is 1. The standard InChI is InChI=1S/C27H28F3N7O/c1-35(2)20-10-11-37(16-20)24-9-6-18(27(28,29)30)12-23(24)34-26(38)33-19-7-4-17(5-8-19)21-13-31-15-25-22(21)14-32-36(25)3/h4-9,12-15,20H,10-11,16H2,1-3H3,(H2,33,34,38). The number of carbonyl (C=O) groups is 1. The van der Waals surface area contributed by atoms with Crippen LogP contribution in [0.2, 0.25) is 0 Å². The Bertz CT molecular complexity index is 1460. The summed E-state index contributed by atoms with van der Waals surface area (Å²) < 4.78 is 42.1. The van der Waals surface area contributed by atoms with E-state index in [4.69, 9.17) is 0 Å². The molecule has 11 heteroatoms. The van der Waals surface area contributed by atoms with E-state index in [9.17, 15) is 18.0 Å². The highest BCUT2D eigenvalue weighted by Crippen LogP contribution is 2.37. The van der Waals surface area contributed by atoms with E-state index in [1.54, 1.807) is 35.4 Å². The maximum Gasteiger partial charge on any atom is 0.416 e. The highest BCUT2D eigenvalue weighted by Gasteiger charge is 2.33. The lowest BCUT2D eigenvalue weighted by Crippen LogP contribution is -2.32. The molecule has 1 aliphatic rings. The van der Waals surface area contributed by atoms with Gasteiger partial charge in [0.15, 0.2) is 0 Å². The third-order valence-electron chi connectivity index (χ3n) is 6.94. The predicted molar refractivity (Wildman–Crippen MR) is 142 cm³/mol. The molecule has 38 heavy (non-hydrogen) atoms. The summed E-state index contributed by atoms with van der Waals surface area (Å²) in [5.74, 6) is 0. The minimum absolute atomic E-state index is 0.114. The number of anilines is 3. The van der Waals surface area contributed by atoms with Crippen molar-refractivity contribution >= 4 is 34.0 Å². The Morgan fingerprint density at radius 3 is 2.50 bits per heavy atom. The number of halogens is 3. The normalized spacial score (nSPS) is 15.9. The number of rotatable bonds is 5. The van der Waals surface area contributed by atoms with E-state index in [2.05, 4.69) is 25.6 Å². The average molecular weight is 524 g/mol. The van der Waals surface area contributed by atoms with E-state index in [0.29, 0.717) is 24.5 Å². The first-order valence-corrected chi connectivity index (χ1v) is 12.2. The Balaban J connectivity index is 1.34. The van der Waals surface area contributed by atoms with Gasteiger partial charge in [-0.2, -0.15) is 18.3 Å². The molecule has 0 radical (unpaired) electrons. The van der Waals surface area contributed by atoms with Crippen molar-refractivity contribution in [1.29, 1.82) is 0 Å². The molecule has 4 aromatic rings. The number of likely N-dealkylation sites (N-methyl/N-ethyl adjacent to an activating group) is 1. The third-order valence-corrected chi connectivity index (χ3v) is 6.94. The molecule has 1 saturated heterocycles. The summed E-state index contributed by atoms with van der Waals surface area (Å²) in [6.45, 7) is 1.35. The Morgan fingerprint density at radius 2 is 1.82 bits per heavy atom. The fraction of sp³-hybridized carbons (Fsp3) is 0.296. The molecule has 3 heterocycles. The smallest absolute Gasteiger partial charge is 0.368 e. The molecule has 5 rings (SSSR count). The van der Waals surface area contributed by atoms with Crippen molar-refractivity contribution in [3.05, 3.63) is 66.6 Å². The van der Waals surface area contributed by atoms with Crippen molar-refractivity contribution in [2.75, 3.05) is 42.7 Å². The molecule has 2 N–H and O–H groups in total. The Hall–Kier alpha value is -4.12. The fourth-order valence-electron chi connectivity index (χ4n) is 4.78. The van der Waals surface area contributed by atoms with Gasteiger partial charge in [-0.05, 0) is 56.4 Å². The molecule has 1 unspecified atom stereocenters. The van der Waals surface area contributed by atoms with Crippen molar-refractivity contribution in [3.63, 3.8) is 0 Å². The van der Waals surface area contributed by atoms with Crippen LogP contribution in [0, 0.1) is 0 Å². The molecule has 0 aliphatic carbocycles. The SMILES string of the molecule is CN(C)C1CCN(c2ccc(C(F)(F)F)cc2NC(=O)Nc2ccc(-c3cncc4c3cnn4C)cc2)C1. The summed E-state index contributed by atoms with van der Waals surface area (Å²) >= 11 is 0. The summed E-state index contributed by atoms with van der Waals surface area (Å²) in [7, 11) is 5.80. The van der Waals surface area contributed by atoms with E-state index in [1.165, 1.54) is 6.07 Å². The average Bonchev–Trinajstić information content (AvgIpc) is 3.52. The van der Waals surface area contributed by atoms with Crippen LogP contribution in [-0.4, -0.2) is 58.9 Å². The van der Waals surface area contributed by atoms with Gasteiger partial charge in [0.1, 0.15) is 0 Å². The van der Waals surface area contributed by atoms with Crippen LogP contribution in [0.4, 0.5) is 35.0 Å². The van der Waals surface area contributed by atoms with Gasteiger partial charge in [0.2, 0.25) is 0 Å². The lowest BCUT2D eigenvalue weighted by Gasteiger charge is -2.25. The van der Waals surface area contributed by atoms with E-state index in [0.717, 1.165) is 40.6 Å². The number of pyridine rings is 1. The second-order valence-electron chi connectivity index (χ2n) is 9.63. The predicted octanol–water partition coefficient (Wildman–Crippen LogP) is 5.44. The van der Waals surface area contributed by atoms with Gasteiger partial charge < -0.3 is 20.4 Å². The monoisotopic (exact) mass is 523 g/mol. The van der Waals surface area contributed by atoms with Crippen LogP contribution in [0.1, 0.15) is 12.0 Å². The largest absolute Gasteiger partial charge is 0.416 e. The number of nitrogens with zero attached hydrogens (tertiary/aromatic N) is 5. The summed E-state index contributed by atoms with van der Waals surface area (Å²) in [5, 5.41) is 10.6. The quantitative estimate of drug-likeness (QED) is 0.364. The highest BCUT2D eigenvalue weighted by atomic mass is 19.4. The Kier molecular flexibility index (Phi) is 6.70. The van der Waals surface area contributed by atoms with Crippen LogP contribution in [0.3, 0.4) is 0 Å². The number of aromatic nitrogens is 3. The van der Waals surface area contributed by atoms with Crippen molar-refractivity contribution in [2.45, 2.75) is 18.6 Å². The Morgan fingerprint density at radius 1 is 1.05 bits per heavy atom. The molecule has 1 atom stereocenters. The number of benzene rings is 2. The summed E-state index contributed by atoms with van der Waals surface area (Å²) in [6, 6.07) is 10.3. The van der Waals surface area contributed by atoms with E-state index < -0.39 is 17.8 Å². The summed E-state index contributed by atoms with van der Waals surface area (Å²) in [5.41, 5.74) is 3.06. The van der Waals surface area contributed by atoms with Gasteiger partial charge in [0, 0.05) is 49.0 Å². The van der Waals surface area contributed by atoms with E-state index in [-0.39, 0.29) is 11.7 Å². The number of alkyl halides is 3. The highest BCUT2D eigenvalue weighted by molar-refractivity contribution is 6.02. The third kappa shape index (κ3) is 5.14. The molecule has 0 bridgehead atoms. The number of hydrogen-bond acceptors (Lipinski definition) is 5. The summed E-state index contributed by atoms with van der Waals surface area (Å²) in [4.78, 5) is 21.3. The molecular weight excluding hydrogens is 495 g/mol. The first kappa shape index (κ1) is 25.5. The lowest BCUT2D eigenvalue weighted by atomic mass is 10.0. The van der Waals surface area contributed by atoms with Crippen molar-refractivity contribution < 1.29 is 18.0 Å². The number of fused-ring (bicyclic) bond motifs is 1. The zero-order valence-corrected chi connectivity index (χ0v) is 21.3. The van der Waals surface area contributed by atoms with Crippen LogP contribution >= 0.6 is 0 Å². The minimum atomic E-state index is -4.52. The fourth-order valence-corrected chi connectivity index (χ4v) is 4.78. The van der Waals surface area contributed by atoms with Gasteiger partial charge in [-0.1, -0.05) is 12.1 Å². The zero-order chi connectivity index (χ0) is 27.0. The van der Waals surface area contributed by atoms with E-state index >= 15 is 0 Å². The van der Waals surface area contributed by atoms with Gasteiger partial charge in [0.25, 0.3) is 0 Å². The molecule has 0 saturated carbocycles. The molecule has 2 aromatic heterocycles. The molecule has 0 spiro atoms. The van der Waals surface area contributed by atoms with Crippen molar-refractivity contribution in [2.24, 2.45) is 7.05 Å². The second-order valence-corrected chi connectivity index (χ2v) is 9.63. The molecule has 2 amide bonds. The van der Waals surface area contributed by atoms with Crippen LogP contribution in [0.25, 0.3) is 22.0 Å². The number of nitrogens with one attached hydrogen (secondary N) is 2. The minimum Gasteiger partial charge on any atom is -0.368 e. The molecule has 1 fully saturated rings. The maximum absolute atomic E-state index is 13.4. The number of carbonyl (C=O) groups excluding carboxylic acids is 1. The topological polar surface area (TPSA) is 78.3 Å². The summed E-state index contributed by atoms with van der Waals surface area (Å²) in [6.07, 6.45) is 1.64. The van der Waals surface area contributed by atoms with Gasteiger partial charge in [-0.25, -0.2) is 4.79 Å². The molecule has 1 aliphatic heterocycles. The molecule has 8 nitrogen and oxygen atoms in total. The zero-order valence-electron chi connectivity index (χ0n) is 21.3. The van der Waals surface area contributed by atoms with Crippen LogP contribution < -0.4 is 15.5 Å². The second kappa shape index (κ2) is 9.97. The first-order valence-electron chi connectivity index (χ1n) is 12.2. The number of hydrogen-bond donors (Lipinski definition) is 2. The van der Waals surface area contributed by atoms with Gasteiger partial charge >= 0.3 is 12.2 Å². The van der Waals surface area contributed by atoms with Crippen LogP contribution in [0.5, 0.6) is 0 Å². The van der Waals surface area contributed by atoms with Crippen LogP contribution in [0.15, 0.2) is 61.1 Å². The maximum atomic E-state index is 13.4. The molecule has 2 aromatic carbocycles. The van der Waals surface area contributed by atoms with Crippen LogP contribution in [-0.2, 0) is 13.2 Å². The van der Waals surface area contributed by atoms with E-state index in [1.807, 2.05) is 38.2 Å². The molecule has 198 valence electrons. The van der Waals surface area contributed by atoms with Crippen molar-refractivity contribution in [3.8, 4) is 11.1 Å². The lowest BCUT2D eigenvalue weighted by molar-refractivity contribution is -0.137. The van der Waals surface area contributed by atoms with Gasteiger partial charge in [0.05, 0.1) is 34.8 Å². The Labute approximate surface area is 218 Å². The molecular formula is C27H28F3N7O.